The van der Waals surface area contributed by atoms with E-state index in [1.54, 1.807) is 7.05 Å². The molecule has 124 valence electrons. The number of hydrogen-bond donors (Lipinski definition) is 0. The quantitative estimate of drug-likeness (QED) is 0.761. The molecule has 2 heterocycles. The molecule has 0 bridgehead atoms. The predicted octanol–water partition coefficient (Wildman–Crippen LogP) is 1.33. The Morgan fingerprint density at radius 3 is 2.91 bits per heavy atom. The molecule has 1 unspecified atom stereocenters. The van der Waals surface area contributed by atoms with Crippen molar-refractivity contribution in [1.29, 1.82) is 0 Å². The van der Waals surface area contributed by atoms with E-state index in [9.17, 15) is 13.2 Å². The second-order valence-electron chi connectivity index (χ2n) is 5.80. The lowest BCUT2D eigenvalue weighted by Crippen LogP contribution is -2.36. The monoisotopic (exact) mass is 329 g/mol. The Morgan fingerprint density at radius 2 is 2.23 bits per heavy atom. The molecule has 7 nitrogen and oxygen atoms in total. The van der Waals surface area contributed by atoms with Gasteiger partial charge in [-0.3, -0.25) is 9.09 Å². The lowest BCUT2D eigenvalue weighted by atomic mass is 10.1. The third-order valence-electron chi connectivity index (χ3n) is 4.10. The molecule has 0 aromatic carbocycles. The highest BCUT2D eigenvalue weighted by Crippen LogP contribution is 2.23. The van der Waals surface area contributed by atoms with Gasteiger partial charge in [-0.15, -0.1) is 0 Å². The summed E-state index contributed by atoms with van der Waals surface area (Å²) >= 11 is 0. The maximum Gasteiger partial charge on any atom is 0.441 e. The molecule has 0 saturated carbocycles. The molecule has 0 fully saturated rings. The zero-order chi connectivity index (χ0) is 16.3. The van der Waals surface area contributed by atoms with Crippen molar-refractivity contribution in [3.8, 4) is 0 Å². The number of fused-ring (bicyclic) bond motifs is 1. The molecule has 22 heavy (non-hydrogen) atoms. The fraction of sp³-hybridized carbons (Fsp3) is 0.714. The number of rotatable bonds is 5. The average Bonchev–Trinajstić information content (AvgIpc) is 2.70. The van der Waals surface area contributed by atoms with Crippen molar-refractivity contribution in [1.82, 2.24) is 14.0 Å². The summed E-state index contributed by atoms with van der Waals surface area (Å²) in [5, 5.41) is 3.76. The van der Waals surface area contributed by atoms with E-state index in [2.05, 4.69) is 5.16 Å². The summed E-state index contributed by atoms with van der Waals surface area (Å²) in [5.41, 5.74) is 0.981. The minimum Gasteiger partial charge on any atom is -0.296 e. The molecule has 8 heteroatoms. The minimum absolute atomic E-state index is 0.103. The summed E-state index contributed by atoms with van der Waals surface area (Å²) in [6, 6.07) is -0.408. The third-order valence-corrected chi connectivity index (χ3v) is 5.98. The molecular weight excluding hydrogens is 306 g/mol. The topological polar surface area (TPSA) is 85.4 Å². The first kappa shape index (κ1) is 17.0. The van der Waals surface area contributed by atoms with Crippen LogP contribution in [0.5, 0.6) is 0 Å². The van der Waals surface area contributed by atoms with Crippen molar-refractivity contribution in [2.24, 2.45) is 0 Å². The number of nitrogens with zero attached hydrogens (tertiary/aromatic N) is 3. The number of aryl methyl sites for hydroxylation is 1. The van der Waals surface area contributed by atoms with Crippen LogP contribution in [0, 0.1) is 0 Å². The van der Waals surface area contributed by atoms with E-state index in [0.29, 0.717) is 25.2 Å². The Bertz CT molecular complexity index is 702. The first-order valence-electron chi connectivity index (χ1n) is 7.48. The summed E-state index contributed by atoms with van der Waals surface area (Å²) < 4.78 is 32.5. The van der Waals surface area contributed by atoms with Crippen molar-refractivity contribution in [2.45, 2.75) is 45.6 Å². The largest absolute Gasteiger partial charge is 0.441 e. The second kappa shape index (κ2) is 6.78. The number of sulfonamides is 1. The first-order valence-corrected chi connectivity index (χ1v) is 9.09. The van der Waals surface area contributed by atoms with Crippen molar-refractivity contribution in [3.63, 3.8) is 0 Å². The van der Waals surface area contributed by atoms with Gasteiger partial charge in [0.15, 0.2) is 5.82 Å². The Balaban J connectivity index is 2.22. The Kier molecular flexibility index (Phi) is 5.23. The van der Waals surface area contributed by atoms with E-state index < -0.39 is 21.8 Å². The van der Waals surface area contributed by atoms with Gasteiger partial charge in [-0.1, -0.05) is 23.2 Å². The molecule has 1 aliphatic heterocycles. The van der Waals surface area contributed by atoms with Gasteiger partial charge < -0.3 is 0 Å². The molecule has 0 aliphatic carbocycles. The van der Waals surface area contributed by atoms with Gasteiger partial charge in [0, 0.05) is 20.0 Å². The van der Waals surface area contributed by atoms with Crippen molar-refractivity contribution < 1.29 is 12.9 Å². The van der Waals surface area contributed by atoms with Gasteiger partial charge in [0.1, 0.15) is 0 Å². The van der Waals surface area contributed by atoms with Gasteiger partial charge >= 0.3 is 5.76 Å². The smallest absolute Gasteiger partial charge is 0.296 e. The fourth-order valence-corrected chi connectivity index (χ4v) is 4.13. The van der Waals surface area contributed by atoms with E-state index in [1.165, 1.54) is 8.87 Å². The van der Waals surface area contributed by atoms with Crippen molar-refractivity contribution in [3.05, 3.63) is 28.0 Å². The maximum atomic E-state index is 12.5. The van der Waals surface area contributed by atoms with Gasteiger partial charge in [-0.05, 0) is 26.7 Å². The molecule has 0 radical (unpaired) electrons. The number of allylic oxidation sites excluding steroid dienone is 1. The summed E-state index contributed by atoms with van der Waals surface area (Å²) in [6.45, 7) is 4.13. The van der Waals surface area contributed by atoms with Crippen LogP contribution >= 0.6 is 0 Å². The van der Waals surface area contributed by atoms with E-state index in [0.717, 1.165) is 18.4 Å². The van der Waals surface area contributed by atoms with Crippen LogP contribution in [0.15, 0.2) is 21.0 Å². The second-order valence-corrected chi connectivity index (χ2v) is 7.92. The molecule has 0 spiro atoms. The zero-order valence-electron chi connectivity index (χ0n) is 13.3. The highest BCUT2D eigenvalue weighted by molar-refractivity contribution is 7.89. The molecule has 0 amide bonds. The molecule has 1 atom stereocenters. The van der Waals surface area contributed by atoms with E-state index in [1.807, 2.05) is 19.9 Å². The highest BCUT2D eigenvalue weighted by atomic mass is 32.2. The lowest BCUT2D eigenvalue weighted by Gasteiger charge is -2.22. The fourth-order valence-electron chi connectivity index (χ4n) is 2.67. The van der Waals surface area contributed by atoms with Crippen LogP contribution in [0.4, 0.5) is 0 Å². The van der Waals surface area contributed by atoms with Gasteiger partial charge in [0.05, 0.1) is 11.8 Å². The SMILES string of the molecule is C/C=C(/C)CN(C)S(=O)(=O)CC1CCCCc2noc(=O)n21. The Labute approximate surface area is 130 Å². The van der Waals surface area contributed by atoms with Crippen LogP contribution in [0.3, 0.4) is 0 Å². The van der Waals surface area contributed by atoms with E-state index in [-0.39, 0.29) is 5.75 Å². The molecule has 0 saturated heterocycles. The van der Waals surface area contributed by atoms with Crippen LogP contribution < -0.4 is 5.76 Å². The zero-order valence-corrected chi connectivity index (χ0v) is 14.1. The molecule has 1 aliphatic rings. The van der Waals surface area contributed by atoms with E-state index >= 15 is 0 Å². The van der Waals surface area contributed by atoms with Crippen LogP contribution in [0.1, 0.15) is 45.0 Å². The third kappa shape index (κ3) is 3.67. The molecule has 0 N–H and O–H groups in total. The average molecular weight is 329 g/mol. The van der Waals surface area contributed by atoms with Crippen LogP contribution in [0.25, 0.3) is 0 Å². The standard InChI is InChI=1S/C14H23N3O4S/c1-4-11(2)9-16(3)22(19,20)10-12-7-5-6-8-13-15-21-14(18)17(12)13/h4,12H,5-10H2,1-3H3/b11-4-. The van der Waals surface area contributed by atoms with Gasteiger partial charge in [0.2, 0.25) is 10.0 Å². The molecule has 2 rings (SSSR count). The predicted molar refractivity (Wildman–Crippen MR) is 83.2 cm³/mol. The van der Waals surface area contributed by atoms with Crippen molar-refractivity contribution >= 4 is 10.0 Å². The number of likely N-dealkylation sites (N-methyl/N-ethyl adjacent to an activating group) is 1. The molecule has 1 aromatic heterocycles. The maximum absolute atomic E-state index is 12.5. The summed E-state index contributed by atoms with van der Waals surface area (Å²) in [4.78, 5) is 11.8. The van der Waals surface area contributed by atoms with Crippen LogP contribution in [0.2, 0.25) is 0 Å². The normalized spacial score (nSPS) is 20.0. The van der Waals surface area contributed by atoms with Gasteiger partial charge in [-0.2, -0.15) is 0 Å². The van der Waals surface area contributed by atoms with Gasteiger partial charge in [0.25, 0.3) is 0 Å². The summed E-state index contributed by atoms with van der Waals surface area (Å²) in [7, 11) is -1.89. The van der Waals surface area contributed by atoms with Crippen LogP contribution in [-0.2, 0) is 16.4 Å². The Morgan fingerprint density at radius 1 is 1.50 bits per heavy atom. The van der Waals surface area contributed by atoms with Crippen LogP contribution in [-0.4, -0.2) is 41.8 Å². The number of aromatic nitrogens is 2. The van der Waals surface area contributed by atoms with Crippen molar-refractivity contribution in [2.75, 3.05) is 19.3 Å². The molecule has 1 aromatic rings. The highest BCUT2D eigenvalue weighted by Gasteiger charge is 2.29. The van der Waals surface area contributed by atoms with E-state index in [4.69, 9.17) is 4.52 Å². The molecular formula is C14H23N3O4S. The summed E-state index contributed by atoms with van der Waals surface area (Å²) in [6.07, 6.45) is 4.94. The lowest BCUT2D eigenvalue weighted by molar-refractivity contribution is 0.357. The first-order chi connectivity index (χ1) is 10.3. The summed E-state index contributed by atoms with van der Waals surface area (Å²) in [5.74, 6) is -0.117. The Hall–Kier alpha value is -1.41. The minimum atomic E-state index is -3.46. The number of hydrogen-bond acceptors (Lipinski definition) is 5. The van der Waals surface area contributed by atoms with Gasteiger partial charge in [-0.25, -0.2) is 17.5 Å².